The largest absolute Gasteiger partial charge is 0.461 e. The van der Waals surface area contributed by atoms with Crippen LogP contribution in [-0.2, 0) is 30.8 Å². The minimum absolute atomic E-state index is 0.0930. The van der Waals surface area contributed by atoms with Crippen molar-refractivity contribution in [1.82, 2.24) is 4.98 Å². The summed E-state index contributed by atoms with van der Waals surface area (Å²) < 4.78 is 34.2. The van der Waals surface area contributed by atoms with E-state index in [1.165, 1.54) is 18.3 Å². The highest BCUT2D eigenvalue weighted by Crippen LogP contribution is 2.39. The van der Waals surface area contributed by atoms with Crippen molar-refractivity contribution in [2.75, 3.05) is 10.5 Å². The van der Waals surface area contributed by atoms with Gasteiger partial charge in [0.25, 0.3) is 10.0 Å². The van der Waals surface area contributed by atoms with Crippen LogP contribution in [0.5, 0.6) is 0 Å². The number of Topliss-reactive ketones (excluding diaryl/α,β-unsaturated/α-hetero) is 1. The van der Waals surface area contributed by atoms with Crippen molar-refractivity contribution in [2.24, 2.45) is 11.8 Å². The summed E-state index contributed by atoms with van der Waals surface area (Å²) in [7, 11) is -3.96. The van der Waals surface area contributed by atoms with Gasteiger partial charge in [-0.3, -0.25) is 14.3 Å². The molecule has 1 aliphatic rings. The van der Waals surface area contributed by atoms with E-state index >= 15 is 0 Å². The maximum Gasteiger partial charge on any atom is 0.317 e. The van der Waals surface area contributed by atoms with Gasteiger partial charge in [0.05, 0.1) is 17.8 Å². The minimum Gasteiger partial charge on any atom is -0.461 e. The maximum absolute atomic E-state index is 13.9. The molecule has 3 N–H and O–H groups in total. The van der Waals surface area contributed by atoms with E-state index in [4.69, 9.17) is 10.5 Å². The van der Waals surface area contributed by atoms with E-state index in [0.29, 0.717) is 36.2 Å². The zero-order valence-electron chi connectivity index (χ0n) is 22.2. The number of ether oxygens (including phenoxy) is 1. The van der Waals surface area contributed by atoms with Crippen molar-refractivity contribution < 1.29 is 22.7 Å². The number of nitrogens with one attached hydrogen (secondary N) is 1. The molecular weight excluding hydrogens is 514 g/mol. The van der Waals surface area contributed by atoms with Gasteiger partial charge >= 0.3 is 5.97 Å². The van der Waals surface area contributed by atoms with Gasteiger partial charge in [0.2, 0.25) is 0 Å². The smallest absolute Gasteiger partial charge is 0.317 e. The number of nitrogens with zero attached hydrogens (tertiary/aromatic N) is 1. The molecule has 3 aromatic rings. The maximum atomic E-state index is 13.9. The highest BCUT2D eigenvalue weighted by atomic mass is 32.2. The Morgan fingerprint density at radius 2 is 1.77 bits per heavy atom. The van der Waals surface area contributed by atoms with Crippen LogP contribution < -0.4 is 10.5 Å². The third kappa shape index (κ3) is 6.65. The zero-order chi connectivity index (χ0) is 28.0. The lowest BCUT2D eigenvalue weighted by Crippen LogP contribution is -2.48. The fourth-order valence-corrected chi connectivity index (χ4v) is 6.27. The average Bonchev–Trinajstić information content (AvgIpc) is 2.91. The summed E-state index contributed by atoms with van der Waals surface area (Å²) in [6.45, 7) is 3.93. The standard InChI is InChI=1S/C30H35N3O5S/c1-3-9-26-25(16-14-20-10-6-5-7-11-20)29(34)28(30(35)38-26)24(4-2)21-12-8-13-23(18-21)33-39(36,37)27-17-15-22(31)19-32-27/h5-8,10-13,15,17-19,24-26,28,33H,3-4,9,14,16,31H2,1-2H3/t24?,25?,26-,28?/m1/s1. The minimum atomic E-state index is -3.96. The van der Waals surface area contributed by atoms with Crippen LogP contribution >= 0.6 is 0 Å². The molecule has 0 spiro atoms. The fourth-order valence-electron chi connectivity index (χ4n) is 5.29. The van der Waals surface area contributed by atoms with Gasteiger partial charge < -0.3 is 10.5 Å². The summed E-state index contributed by atoms with van der Waals surface area (Å²) in [6, 6.07) is 19.6. The molecule has 1 aliphatic heterocycles. The first-order valence-electron chi connectivity index (χ1n) is 13.4. The zero-order valence-corrected chi connectivity index (χ0v) is 23.1. The number of cyclic esters (lactones) is 1. The number of hydrogen-bond acceptors (Lipinski definition) is 7. The molecule has 0 aliphatic carbocycles. The molecular formula is C30H35N3O5S. The normalized spacial score (nSPS) is 20.3. The summed E-state index contributed by atoms with van der Waals surface area (Å²) >= 11 is 0. The molecule has 39 heavy (non-hydrogen) atoms. The van der Waals surface area contributed by atoms with Gasteiger partial charge in [-0.1, -0.05) is 62.7 Å². The summed E-state index contributed by atoms with van der Waals surface area (Å²) in [6.07, 6.45) is 4.11. The third-order valence-corrected chi connectivity index (χ3v) is 8.54. The van der Waals surface area contributed by atoms with Gasteiger partial charge in [0, 0.05) is 11.6 Å². The van der Waals surface area contributed by atoms with Crippen LogP contribution in [0.4, 0.5) is 11.4 Å². The Labute approximate surface area is 230 Å². The van der Waals surface area contributed by atoms with Gasteiger partial charge in [0.15, 0.2) is 10.8 Å². The molecule has 8 nitrogen and oxygen atoms in total. The number of sulfonamides is 1. The molecule has 1 aromatic heterocycles. The first-order chi connectivity index (χ1) is 18.7. The number of nitrogens with two attached hydrogens (primary N) is 1. The Balaban J connectivity index is 1.58. The Kier molecular flexibility index (Phi) is 9.01. The number of pyridine rings is 1. The van der Waals surface area contributed by atoms with Gasteiger partial charge in [-0.05, 0) is 61.1 Å². The Morgan fingerprint density at radius 3 is 2.44 bits per heavy atom. The molecule has 4 rings (SSSR count). The number of aryl methyl sites for hydroxylation is 1. The molecule has 0 amide bonds. The number of carbonyl (C=O) groups excluding carboxylic acids is 2. The van der Waals surface area contributed by atoms with E-state index < -0.39 is 33.9 Å². The summed E-state index contributed by atoms with van der Waals surface area (Å²) in [4.78, 5) is 31.0. The number of rotatable bonds is 11. The van der Waals surface area contributed by atoms with Gasteiger partial charge in [0.1, 0.15) is 12.0 Å². The molecule has 1 saturated heterocycles. The molecule has 0 bridgehead atoms. The first-order valence-corrected chi connectivity index (χ1v) is 14.8. The molecule has 2 heterocycles. The number of benzene rings is 2. The van der Waals surface area contributed by atoms with Crippen LogP contribution in [0.1, 0.15) is 56.6 Å². The SMILES string of the molecule is CCC[C@H]1OC(=O)C(C(CC)c2cccc(NS(=O)(=O)c3ccc(N)cn3)c2)C(=O)C1CCc1ccccc1. The molecule has 0 radical (unpaired) electrons. The second-order valence-electron chi connectivity index (χ2n) is 9.95. The van der Waals surface area contributed by atoms with Gasteiger partial charge in [-0.15, -0.1) is 0 Å². The number of ketones is 1. The summed E-state index contributed by atoms with van der Waals surface area (Å²) in [5, 5.41) is -0.164. The van der Waals surface area contributed by atoms with E-state index in [9.17, 15) is 18.0 Å². The van der Waals surface area contributed by atoms with Gasteiger partial charge in [-0.25, -0.2) is 4.98 Å². The van der Waals surface area contributed by atoms with Crippen molar-refractivity contribution in [2.45, 2.75) is 63.0 Å². The van der Waals surface area contributed by atoms with E-state index in [1.807, 2.05) is 50.2 Å². The molecule has 3 unspecified atom stereocenters. The molecule has 2 aromatic carbocycles. The Morgan fingerprint density at radius 1 is 1.00 bits per heavy atom. The van der Waals surface area contributed by atoms with E-state index in [1.54, 1.807) is 18.2 Å². The van der Waals surface area contributed by atoms with Crippen LogP contribution in [0.3, 0.4) is 0 Å². The number of nitrogen functional groups attached to an aromatic ring is 1. The highest BCUT2D eigenvalue weighted by molar-refractivity contribution is 7.92. The molecule has 1 fully saturated rings. The first kappa shape index (κ1) is 28.3. The second-order valence-corrected chi connectivity index (χ2v) is 11.6. The van der Waals surface area contributed by atoms with Crippen LogP contribution in [0.15, 0.2) is 78.0 Å². The second kappa shape index (κ2) is 12.4. The van der Waals surface area contributed by atoms with Crippen molar-refractivity contribution in [3.05, 3.63) is 84.1 Å². The molecule has 0 saturated carbocycles. The predicted octanol–water partition coefficient (Wildman–Crippen LogP) is 5.12. The lowest BCUT2D eigenvalue weighted by molar-refractivity contribution is -0.172. The van der Waals surface area contributed by atoms with Crippen LogP contribution in [0.25, 0.3) is 0 Å². The molecule has 206 valence electrons. The van der Waals surface area contributed by atoms with Crippen LogP contribution in [-0.4, -0.2) is 31.3 Å². The number of anilines is 2. The van der Waals surface area contributed by atoms with Crippen molar-refractivity contribution in [1.29, 1.82) is 0 Å². The molecule has 9 heteroatoms. The highest BCUT2D eigenvalue weighted by Gasteiger charge is 2.47. The van der Waals surface area contributed by atoms with E-state index in [2.05, 4.69) is 9.71 Å². The topological polar surface area (TPSA) is 128 Å². The average molecular weight is 550 g/mol. The van der Waals surface area contributed by atoms with Crippen molar-refractivity contribution in [3.8, 4) is 0 Å². The summed E-state index contributed by atoms with van der Waals surface area (Å²) in [5.74, 6) is -2.39. The quantitative estimate of drug-likeness (QED) is 0.251. The van der Waals surface area contributed by atoms with Gasteiger partial charge in [-0.2, -0.15) is 8.42 Å². The van der Waals surface area contributed by atoms with E-state index in [0.717, 1.165) is 18.4 Å². The number of esters is 1. The van der Waals surface area contributed by atoms with Crippen LogP contribution in [0, 0.1) is 11.8 Å². The Hall–Kier alpha value is -3.72. The van der Waals surface area contributed by atoms with Crippen molar-refractivity contribution in [3.63, 3.8) is 0 Å². The number of hydrogen-bond donors (Lipinski definition) is 2. The fraction of sp³-hybridized carbons (Fsp3) is 0.367. The van der Waals surface area contributed by atoms with Crippen molar-refractivity contribution >= 4 is 33.2 Å². The third-order valence-electron chi connectivity index (χ3n) is 7.25. The van der Waals surface area contributed by atoms with E-state index in [-0.39, 0.29) is 16.7 Å². The predicted molar refractivity (Wildman–Crippen MR) is 150 cm³/mol. The summed E-state index contributed by atoms with van der Waals surface area (Å²) in [5.41, 5.74) is 8.12. The lowest BCUT2D eigenvalue weighted by Gasteiger charge is -2.37. The number of aromatic nitrogens is 1. The molecule has 4 atom stereocenters. The number of carbonyl (C=O) groups is 2. The Bertz CT molecular complexity index is 1390. The lowest BCUT2D eigenvalue weighted by atomic mass is 9.73. The monoisotopic (exact) mass is 549 g/mol. The van der Waals surface area contributed by atoms with Crippen LogP contribution in [0.2, 0.25) is 0 Å².